The number of nitrogens with two attached hydrogens (primary N) is 2. The fourth-order valence-corrected chi connectivity index (χ4v) is 6.52. The minimum Gasteiger partial charge on any atom is -0.383 e. The first-order chi connectivity index (χ1) is 26.5. The lowest BCUT2D eigenvalue weighted by atomic mass is 9.98. The van der Waals surface area contributed by atoms with Crippen LogP contribution in [0.15, 0.2) is 85.5 Å². The van der Waals surface area contributed by atoms with Gasteiger partial charge in [-0.05, 0) is 95.8 Å². The van der Waals surface area contributed by atoms with Crippen molar-refractivity contribution < 1.29 is 27.9 Å². The lowest BCUT2D eigenvalue weighted by Crippen LogP contribution is -2.53. The molecule has 2 aliphatic rings. The second kappa shape index (κ2) is 15.8. The quantitative estimate of drug-likeness (QED) is 0.162. The van der Waals surface area contributed by atoms with Gasteiger partial charge in [-0.2, -0.15) is 0 Å². The molecule has 0 unspecified atom stereocenters. The fourth-order valence-electron chi connectivity index (χ4n) is 6.52. The molecule has 4 heterocycles. The third kappa shape index (κ3) is 8.47. The van der Waals surface area contributed by atoms with Gasteiger partial charge in [0.25, 0.3) is 0 Å². The molecule has 6 N–H and O–H groups in total. The number of amides is 3. The highest BCUT2D eigenvalue weighted by Gasteiger charge is 2.34. The summed E-state index contributed by atoms with van der Waals surface area (Å²) < 4.78 is 33.6. The van der Waals surface area contributed by atoms with Gasteiger partial charge in [0.05, 0.1) is 17.0 Å². The third-order valence-electron chi connectivity index (χ3n) is 9.62. The van der Waals surface area contributed by atoms with E-state index in [1.165, 1.54) is 43.8 Å². The molecule has 2 fully saturated rings. The number of hydrogen-bond acceptors (Lipinski definition) is 10. The average Bonchev–Trinajstić information content (AvgIpc) is 3.14. The number of nitrogens with zero attached hydrogens (tertiary/aromatic N) is 5. The van der Waals surface area contributed by atoms with E-state index in [0.717, 1.165) is 16.6 Å². The van der Waals surface area contributed by atoms with Crippen LogP contribution in [0.3, 0.4) is 0 Å². The Hall–Kier alpha value is -6.61. The van der Waals surface area contributed by atoms with Gasteiger partial charge in [-0.1, -0.05) is 12.1 Å². The average molecular weight is 746 g/mol. The molecule has 280 valence electrons. The van der Waals surface area contributed by atoms with Gasteiger partial charge >= 0.3 is 0 Å². The van der Waals surface area contributed by atoms with Crippen LogP contribution in [-0.4, -0.2) is 68.9 Å². The first kappa shape index (κ1) is 36.7. The van der Waals surface area contributed by atoms with Gasteiger partial charge in [-0.3, -0.25) is 14.4 Å². The van der Waals surface area contributed by atoms with Crippen molar-refractivity contribution in [3.8, 4) is 22.3 Å². The Morgan fingerprint density at radius 3 is 1.60 bits per heavy atom. The van der Waals surface area contributed by atoms with E-state index in [1.807, 2.05) is 24.3 Å². The van der Waals surface area contributed by atoms with Crippen molar-refractivity contribution in [1.29, 1.82) is 0 Å². The molecular formula is C40H37F2N9O4. The Kier molecular flexibility index (Phi) is 10.5. The molecule has 0 radical (unpaired) electrons. The number of hydrogen-bond donors (Lipinski definition) is 4. The van der Waals surface area contributed by atoms with Gasteiger partial charge in [0.1, 0.15) is 35.9 Å². The van der Waals surface area contributed by atoms with Crippen molar-refractivity contribution in [2.75, 3.05) is 48.4 Å². The van der Waals surface area contributed by atoms with Crippen molar-refractivity contribution in [2.24, 2.45) is 11.8 Å². The normalized spacial score (nSPS) is 14.5. The summed E-state index contributed by atoms with van der Waals surface area (Å²) in [5.41, 5.74) is 16.8. The molecule has 0 aliphatic carbocycles. The van der Waals surface area contributed by atoms with Crippen molar-refractivity contribution in [1.82, 2.24) is 24.8 Å². The second-order valence-corrected chi connectivity index (χ2v) is 13.4. The summed E-state index contributed by atoms with van der Waals surface area (Å²) in [6.45, 7) is 3.38. The zero-order valence-corrected chi connectivity index (χ0v) is 29.8. The van der Waals surface area contributed by atoms with E-state index >= 15 is 0 Å². The van der Waals surface area contributed by atoms with Crippen molar-refractivity contribution in [3.63, 3.8) is 0 Å². The number of halogens is 2. The zero-order chi connectivity index (χ0) is 38.6. The van der Waals surface area contributed by atoms with Gasteiger partial charge in [-0.25, -0.2) is 28.7 Å². The molecule has 0 saturated carbocycles. The van der Waals surface area contributed by atoms with E-state index in [1.54, 1.807) is 29.2 Å². The third-order valence-corrected chi connectivity index (χ3v) is 9.62. The summed E-state index contributed by atoms with van der Waals surface area (Å²) in [4.78, 5) is 53.9. The zero-order valence-electron chi connectivity index (χ0n) is 29.8. The van der Waals surface area contributed by atoms with Crippen LogP contribution in [-0.2, 0) is 19.1 Å². The molecule has 0 bridgehead atoms. The summed E-state index contributed by atoms with van der Waals surface area (Å²) in [7, 11) is 0. The summed E-state index contributed by atoms with van der Waals surface area (Å²) in [6, 6.07) is 19.7. The molecule has 13 nitrogen and oxygen atoms in total. The topological polar surface area (TPSA) is 191 Å². The fraction of sp³-hybridized carbons (Fsp3) is 0.225. The number of fused-ring (bicyclic) bond motifs is 2. The lowest BCUT2D eigenvalue weighted by molar-refractivity contribution is -0.139. The van der Waals surface area contributed by atoms with Crippen LogP contribution in [0.25, 0.3) is 44.1 Å². The molecule has 55 heavy (non-hydrogen) atoms. The Labute approximate surface area is 314 Å². The van der Waals surface area contributed by atoms with E-state index < -0.39 is 11.6 Å². The number of likely N-dealkylation sites (tertiary alicyclic amines) is 1. The maximum atomic E-state index is 14.2. The van der Waals surface area contributed by atoms with E-state index in [0.29, 0.717) is 89.6 Å². The Morgan fingerprint density at radius 2 is 1.13 bits per heavy atom. The van der Waals surface area contributed by atoms with Gasteiger partial charge in [0.2, 0.25) is 17.7 Å². The summed E-state index contributed by atoms with van der Waals surface area (Å²) in [6.07, 6.45) is 4.15. The molecule has 8 rings (SSSR count). The maximum absolute atomic E-state index is 14.2. The highest BCUT2D eigenvalue weighted by atomic mass is 19.1. The summed E-state index contributed by atoms with van der Waals surface area (Å²) in [5, 5.41) is 6.94. The van der Waals surface area contributed by atoms with Crippen LogP contribution in [0.4, 0.5) is 31.8 Å². The Morgan fingerprint density at radius 1 is 0.655 bits per heavy atom. The largest absolute Gasteiger partial charge is 0.383 e. The SMILES string of the molecule is CC(=O)N1CC(C(=O)Nc2cc(F)cc(-c3ccc4ncnc(N)c4c3)c2)C1.Nc1ncnc2ccc(-c3cc(F)cc(NC(=O)C4CCOCC4)c3)cc12. The van der Waals surface area contributed by atoms with Crippen LogP contribution < -0.4 is 22.1 Å². The number of ether oxygens (including phenoxy) is 1. The van der Waals surface area contributed by atoms with E-state index in [-0.39, 0.29) is 29.6 Å². The smallest absolute Gasteiger partial charge is 0.231 e. The van der Waals surface area contributed by atoms with Crippen LogP contribution in [0, 0.1) is 23.5 Å². The van der Waals surface area contributed by atoms with Crippen LogP contribution >= 0.6 is 0 Å². The standard InChI is InChI=1S/C20H18FN5O2.C20H19FN4O2/c1-11(27)26-8-14(9-26)20(28)25-16-5-13(4-15(21)7-16)12-2-3-18-17(6-12)19(22)24-10-23-18;21-15-7-14(13-1-2-18-17(9-13)19(22)24-11-23-18)8-16(10-15)25-20(26)12-3-5-27-6-4-12/h2-7,10,14H,8-9H2,1H3,(H,25,28)(H2,22,23,24);1-2,7-12H,3-6H2,(H,25,26)(H2,22,23,24). The van der Waals surface area contributed by atoms with Crippen LogP contribution in [0.1, 0.15) is 19.8 Å². The lowest BCUT2D eigenvalue weighted by Gasteiger charge is -2.37. The van der Waals surface area contributed by atoms with Gasteiger partial charge in [0, 0.05) is 61.3 Å². The second-order valence-electron chi connectivity index (χ2n) is 13.4. The molecule has 15 heteroatoms. The van der Waals surface area contributed by atoms with E-state index in [4.69, 9.17) is 16.2 Å². The number of carbonyl (C=O) groups excluding carboxylic acids is 3. The highest BCUT2D eigenvalue weighted by Crippen LogP contribution is 2.31. The van der Waals surface area contributed by atoms with Crippen LogP contribution in [0.5, 0.6) is 0 Å². The monoisotopic (exact) mass is 745 g/mol. The first-order valence-corrected chi connectivity index (χ1v) is 17.6. The van der Waals surface area contributed by atoms with Crippen molar-refractivity contribution in [3.05, 3.63) is 97.1 Å². The molecule has 6 aromatic rings. The van der Waals surface area contributed by atoms with Gasteiger partial charge in [-0.15, -0.1) is 0 Å². The molecule has 3 amide bonds. The minimum absolute atomic E-state index is 0.0587. The molecular weight excluding hydrogens is 708 g/mol. The van der Waals surface area contributed by atoms with Gasteiger partial charge < -0.3 is 31.7 Å². The number of nitrogen functional groups attached to an aromatic ring is 2. The molecule has 2 saturated heterocycles. The molecule has 0 spiro atoms. The number of benzene rings is 4. The van der Waals surface area contributed by atoms with E-state index in [2.05, 4.69) is 30.6 Å². The number of aromatic nitrogens is 4. The molecule has 2 aromatic heterocycles. The van der Waals surface area contributed by atoms with Crippen molar-refractivity contribution in [2.45, 2.75) is 19.8 Å². The Balaban J connectivity index is 0.000000169. The Bertz CT molecular complexity index is 2430. The summed E-state index contributed by atoms with van der Waals surface area (Å²) >= 11 is 0. The minimum atomic E-state index is -0.468. The number of rotatable bonds is 6. The highest BCUT2D eigenvalue weighted by molar-refractivity contribution is 5.97. The predicted octanol–water partition coefficient (Wildman–Crippen LogP) is 5.82. The summed E-state index contributed by atoms with van der Waals surface area (Å²) in [5.74, 6) is -0.969. The first-order valence-electron chi connectivity index (χ1n) is 17.6. The predicted molar refractivity (Wildman–Crippen MR) is 205 cm³/mol. The van der Waals surface area contributed by atoms with Crippen LogP contribution in [0.2, 0.25) is 0 Å². The molecule has 2 aliphatic heterocycles. The van der Waals surface area contributed by atoms with E-state index in [9.17, 15) is 23.2 Å². The van der Waals surface area contributed by atoms with Gasteiger partial charge in [0.15, 0.2) is 0 Å². The molecule has 4 aromatic carbocycles. The number of nitrogens with one attached hydrogen (secondary N) is 2. The maximum Gasteiger partial charge on any atom is 0.231 e. The number of anilines is 4. The number of carbonyl (C=O) groups is 3. The van der Waals surface area contributed by atoms with Crippen molar-refractivity contribution >= 4 is 62.5 Å². The molecule has 0 atom stereocenters.